The Bertz CT molecular complexity index is 152. The molecule has 2 nitrogen and oxygen atoms in total. The van der Waals surface area contributed by atoms with Gasteiger partial charge >= 0.3 is 5.97 Å². The maximum absolute atomic E-state index is 12.7. The van der Waals surface area contributed by atoms with Gasteiger partial charge in [-0.1, -0.05) is 6.42 Å². The number of carboxylic acid groups (broad SMARTS) is 1. The summed E-state index contributed by atoms with van der Waals surface area (Å²) in [5.74, 6) is -1.65. The van der Waals surface area contributed by atoms with Crippen molar-refractivity contribution in [3.63, 3.8) is 0 Å². The molecule has 3 heteroatoms. The van der Waals surface area contributed by atoms with Crippen LogP contribution in [0.2, 0.25) is 0 Å². The Balaban J connectivity index is 2.51. The topological polar surface area (TPSA) is 37.3 Å². The van der Waals surface area contributed by atoms with Crippen LogP contribution >= 0.6 is 0 Å². The molecule has 0 saturated heterocycles. The first kappa shape index (κ1) is 8.50. The van der Waals surface area contributed by atoms with E-state index in [9.17, 15) is 9.18 Å². The second kappa shape index (κ2) is 3.20. The van der Waals surface area contributed by atoms with E-state index in [0.29, 0.717) is 0 Å². The van der Waals surface area contributed by atoms with Crippen molar-refractivity contribution in [2.45, 2.75) is 32.4 Å². The predicted octanol–water partition coefficient (Wildman–Crippen LogP) is 1.85. The third-order valence-electron chi connectivity index (χ3n) is 2.44. The van der Waals surface area contributed by atoms with Gasteiger partial charge in [-0.25, -0.2) is 4.39 Å². The first-order valence-electron chi connectivity index (χ1n) is 4.00. The zero-order chi connectivity index (χ0) is 8.43. The van der Waals surface area contributed by atoms with Crippen molar-refractivity contribution in [1.29, 1.82) is 0 Å². The van der Waals surface area contributed by atoms with Crippen LogP contribution in [-0.4, -0.2) is 17.2 Å². The van der Waals surface area contributed by atoms with Gasteiger partial charge in [-0.15, -0.1) is 0 Å². The summed E-state index contributed by atoms with van der Waals surface area (Å²) in [6.45, 7) is 1.33. The van der Waals surface area contributed by atoms with E-state index in [4.69, 9.17) is 5.11 Å². The normalized spacial score (nSPS) is 23.8. The summed E-state index contributed by atoms with van der Waals surface area (Å²) in [4.78, 5) is 10.5. The molecule has 0 aromatic rings. The van der Waals surface area contributed by atoms with Crippen LogP contribution in [0.15, 0.2) is 0 Å². The number of carboxylic acids is 1. The minimum atomic E-state index is -1.21. The Hall–Kier alpha value is -0.600. The number of hydrogen-bond donors (Lipinski definition) is 1. The lowest BCUT2D eigenvalue weighted by Gasteiger charge is -2.31. The van der Waals surface area contributed by atoms with Crippen LogP contribution in [0, 0.1) is 11.8 Å². The van der Waals surface area contributed by atoms with E-state index in [1.165, 1.54) is 6.92 Å². The molecule has 2 unspecified atom stereocenters. The molecule has 0 bridgehead atoms. The first-order valence-corrected chi connectivity index (χ1v) is 4.00. The predicted molar refractivity (Wildman–Crippen MR) is 39.0 cm³/mol. The third kappa shape index (κ3) is 1.70. The molecule has 0 aromatic carbocycles. The highest BCUT2D eigenvalue weighted by Gasteiger charge is 2.36. The molecule has 0 heterocycles. The summed E-state index contributed by atoms with van der Waals surface area (Å²) in [6, 6.07) is 0. The Kier molecular flexibility index (Phi) is 2.47. The molecule has 64 valence electrons. The summed E-state index contributed by atoms with van der Waals surface area (Å²) in [5.41, 5.74) is 0. The SMILES string of the molecule is CC(F)C(C(=O)O)C1CCC1. The van der Waals surface area contributed by atoms with Crippen LogP contribution in [-0.2, 0) is 4.79 Å². The largest absolute Gasteiger partial charge is 0.481 e. The van der Waals surface area contributed by atoms with E-state index < -0.39 is 18.1 Å². The number of carbonyl (C=O) groups is 1. The molecule has 1 rings (SSSR count). The van der Waals surface area contributed by atoms with Crippen molar-refractivity contribution in [3.8, 4) is 0 Å². The lowest BCUT2D eigenvalue weighted by molar-refractivity contribution is -0.147. The third-order valence-corrected chi connectivity index (χ3v) is 2.44. The van der Waals surface area contributed by atoms with Crippen molar-refractivity contribution < 1.29 is 14.3 Å². The number of hydrogen-bond acceptors (Lipinski definition) is 1. The minimum Gasteiger partial charge on any atom is -0.481 e. The number of rotatable bonds is 3. The zero-order valence-corrected chi connectivity index (χ0v) is 6.59. The standard InChI is InChI=1S/C8H13FO2/c1-5(9)7(8(10)11)6-3-2-4-6/h5-7H,2-4H2,1H3,(H,10,11). The minimum absolute atomic E-state index is 0.0903. The van der Waals surface area contributed by atoms with Crippen LogP contribution in [0.3, 0.4) is 0 Å². The van der Waals surface area contributed by atoms with Gasteiger partial charge in [-0.2, -0.15) is 0 Å². The second-order valence-electron chi connectivity index (χ2n) is 3.23. The van der Waals surface area contributed by atoms with E-state index in [0.717, 1.165) is 19.3 Å². The highest BCUT2D eigenvalue weighted by Crippen LogP contribution is 2.36. The first-order chi connectivity index (χ1) is 5.13. The van der Waals surface area contributed by atoms with E-state index in [1.54, 1.807) is 0 Å². The van der Waals surface area contributed by atoms with Crippen LogP contribution in [0.5, 0.6) is 0 Å². The molecular weight excluding hydrogens is 147 g/mol. The molecule has 1 fully saturated rings. The summed E-state index contributed by atoms with van der Waals surface area (Å²) < 4.78 is 12.7. The lowest BCUT2D eigenvalue weighted by atomic mass is 9.74. The van der Waals surface area contributed by atoms with Crippen LogP contribution in [0.25, 0.3) is 0 Å². The van der Waals surface area contributed by atoms with Crippen molar-refractivity contribution in [3.05, 3.63) is 0 Å². The van der Waals surface area contributed by atoms with E-state index >= 15 is 0 Å². The molecule has 1 saturated carbocycles. The van der Waals surface area contributed by atoms with E-state index in [-0.39, 0.29) is 5.92 Å². The molecule has 1 aliphatic rings. The van der Waals surface area contributed by atoms with Crippen molar-refractivity contribution in [1.82, 2.24) is 0 Å². The maximum Gasteiger partial charge on any atom is 0.309 e. The van der Waals surface area contributed by atoms with Crippen LogP contribution in [0.1, 0.15) is 26.2 Å². The molecule has 0 aromatic heterocycles. The molecule has 11 heavy (non-hydrogen) atoms. The molecule has 2 atom stereocenters. The summed E-state index contributed by atoms with van der Waals surface area (Å²) in [7, 11) is 0. The van der Waals surface area contributed by atoms with Crippen LogP contribution < -0.4 is 0 Å². The highest BCUT2D eigenvalue weighted by atomic mass is 19.1. The van der Waals surface area contributed by atoms with Crippen molar-refractivity contribution in [2.24, 2.45) is 11.8 Å². The molecule has 0 spiro atoms. The quantitative estimate of drug-likeness (QED) is 0.684. The Labute approximate surface area is 65.4 Å². The monoisotopic (exact) mass is 160 g/mol. The number of halogens is 1. The van der Waals surface area contributed by atoms with Gasteiger partial charge < -0.3 is 5.11 Å². The number of aliphatic carboxylic acids is 1. The summed E-state index contributed by atoms with van der Waals surface area (Å²) >= 11 is 0. The van der Waals surface area contributed by atoms with Gasteiger partial charge in [0.15, 0.2) is 0 Å². The van der Waals surface area contributed by atoms with E-state index in [2.05, 4.69) is 0 Å². The fourth-order valence-corrected chi connectivity index (χ4v) is 1.57. The fraction of sp³-hybridized carbons (Fsp3) is 0.875. The molecule has 0 aliphatic heterocycles. The molecular formula is C8H13FO2. The fourth-order valence-electron chi connectivity index (χ4n) is 1.57. The van der Waals surface area contributed by atoms with Gasteiger partial charge in [0, 0.05) is 0 Å². The van der Waals surface area contributed by atoms with E-state index in [1.807, 2.05) is 0 Å². The maximum atomic E-state index is 12.7. The van der Waals surface area contributed by atoms with Gasteiger partial charge in [0.05, 0.1) is 5.92 Å². The van der Waals surface area contributed by atoms with Crippen LogP contribution in [0.4, 0.5) is 4.39 Å². The molecule has 1 aliphatic carbocycles. The van der Waals surface area contributed by atoms with Gasteiger partial charge in [0.2, 0.25) is 0 Å². The lowest BCUT2D eigenvalue weighted by Crippen LogP contribution is -2.34. The van der Waals surface area contributed by atoms with Gasteiger partial charge in [-0.05, 0) is 25.7 Å². The highest BCUT2D eigenvalue weighted by molar-refractivity contribution is 5.71. The average Bonchev–Trinajstić information content (AvgIpc) is 1.75. The average molecular weight is 160 g/mol. The van der Waals surface area contributed by atoms with Crippen molar-refractivity contribution in [2.75, 3.05) is 0 Å². The summed E-state index contributed by atoms with van der Waals surface area (Å²) in [5, 5.41) is 8.64. The number of alkyl halides is 1. The van der Waals surface area contributed by atoms with Gasteiger partial charge in [-0.3, -0.25) is 4.79 Å². The zero-order valence-electron chi connectivity index (χ0n) is 6.59. The summed E-state index contributed by atoms with van der Waals surface area (Å²) in [6.07, 6.45) is 1.61. The Morgan fingerprint density at radius 1 is 1.64 bits per heavy atom. The Morgan fingerprint density at radius 2 is 2.18 bits per heavy atom. The smallest absolute Gasteiger partial charge is 0.309 e. The van der Waals surface area contributed by atoms with Gasteiger partial charge in [0.1, 0.15) is 6.17 Å². The molecule has 0 amide bonds. The second-order valence-corrected chi connectivity index (χ2v) is 3.23. The Morgan fingerprint density at radius 3 is 2.27 bits per heavy atom. The molecule has 1 N–H and O–H groups in total. The molecule has 0 radical (unpaired) electrons. The van der Waals surface area contributed by atoms with Crippen molar-refractivity contribution >= 4 is 5.97 Å². The van der Waals surface area contributed by atoms with Gasteiger partial charge in [0.25, 0.3) is 0 Å².